The molecule has 0 aromatic heterocycles. The van der Waals surface area contributed by atoms with Crippen molar-refractivity contribution >= 4 is 5.69 Å². The average Bonchev–Trinajstić information content (AvgIpc) is 2.16. The highest BCUT2D eigenvalue weighted by Gasteiger charge is 2.41. The molecule has 16 heavy (non-hydrogen) atoms. The monoisotopic (exact) mass is 237 g/mol. The molecule has 0 unspecified atom stereocenters. The molecule has 0 aliphatic rings. The summed E-state index contributed by atoms with van der Waals surface area (Å²) in [6.07, 6.45) is -3.73. The van der Waals surface area contributed by atoms with Crippen LogP contribution < -0.4 is 10.5 Å². The van der Waals surface area contributed by atoms with Crippen LogP contribution in [0.25, 0.3) is 0 Å². The minimum absolute atomic E-state index is 0.120. The Morgan fingerprint density at radius 1 is 1.38 bits per heavy atom. The normalized spacial score (nSPS) is 11.9. The third-order valence-corrected chi connectivity index (χ3v) is 1.94. The van der Waals surface area contributed by atoms with E-state index in [0.29, 0.717) is 11.3 Å². The van der Waals surface area contributed by atoms with Gasteiger partial charge in [-0.05, 0) is 30.7 Å². The largest absolute Gasteiger partial charge is 0.487 e. The lowest BCUT2D eigenvalue weighted by atomic mass is 10.2. The predicted molar refractivity (Wildman–Crippen MR) is 52.0 cm³/mol. The second-order valence-corrected chi connectivity index (χ2v) is 3.38. The molecule has 0 aliphatic heterocycles. The Labute approximate surface area is 90.0 Å². The van der Waals surface area contributed by atoms with Gasteiger partial charge < -0.3 is 10.5 Å². The molecule has 1 aromatic carbocycles. The van der Waals surface area contributed by atoms with Gasteiger partial charge in [0.25, 0.3) is 0 Å². The lowest BCUT2D eigenvalue weighted by Crippen LogP contribution is -2.33. The molecule has 0 aliphatic carbocycles. The first-order chi connectivity index (χ1) is 7.33. The maximum Gasteiger partial charge on any atom is 0.340 e. The van der Waals surface area contributed by atoms with Crippen molar-refractivity contribution in [3.05, 3.63) is 23.8 Å². The third-order valence-electron chi connectivity index (χ3n) is 1.94. The van der Waals surface area contributed by atoms with Crippen molar-refractivity contribution in [2.24, 2.45) is 0 Å². The summed E-state index contributed by atoms with van der Waals surface area (Å²) in [5, 5.41) is 0. The molecule has 90 valence electrons. The molecule has 0 radical (unpaired) electrons. The standard InChI is InChI=1S/C10H11F4NO/c1-6-4-7(15)2-3-8(6)16-5-10(13,14)9(11)12/h2-4,9H,5,15H2,1H3. The van der Waals surface area contributed by atoms with Gasteiger partial charge in [0.05, 0.1) is 0 Å². The molecule has 6 heteroatoms. The molecule has 0 bridgehead atoms. The zero-order valence-corrected chi connectivity index (χ0v) is 8.51. The molecule has 0 spiro atoms. The van der Waals surface area contributed by atoms with Gasteiger partial charge >= 0.3 is 12.3 Å². The van der Waals surface area contributed by atoms with Crippen molar-refractivity contribution < 1.29 is 22.3 Å². The van der Waals surface area contributed by atoms with E-state index in [9.17, 15) is 17.6 Å². The number of nitrogens with two attached hydrogens (primary N) is 1. The summed E-state index contributed by atoms with van der Waals surface area (Å²) in [5.74, 6) is -4.03. The highest BCUT2D eigenvalue weighted by molar-refractivity contribution is 5.47. The Balaban J connectivity index is 2.68. The zero-order chi connectivity index (χ0) is 12.3. The van der Waals surface area contributed by atoms with Crippen molar-refractivity contribution in [1.82, 2.24) is 0 Å². The molecule has 1 aromatic rings. The van der Waals surface area contributed by atoms with Crippen LogP contribution in [0.1, 0.15) is 5.56 Å². The van der Waals surface area contributed by atoms with Crippen molar-refractivity contribution in [3.63, 3.8) is 0 Å². The fraction of sp³-hybridized carbons (Fsp3) is 0.400. The number of hydrogen-bond acceptors (Lipinski definition) is 2. The van der Waals surface area contributed by atoms with Gasteiger partial charge in [0.15, 0.2) is 6.61 Å². The topological polar surface area (TPSA) is 35.2 Å². The molecular formula is C10H11F4NO. The smallest absolute Gasteiger partial charge is 0.340 e. The van der Waals surface area contributed by atoms with Gasteiger partial charge in [-0.2, -0.15) is 8.78 Å². The first-order valence-corrected chi connectivity index (χ1v) is 4.48. The summed E-state index contributed by atoms with van der Waals surface area (Å²) >= 11 is 0. The molecule has 0 atom stereocenters. The summed E-state index contributed by atoms with van der Waals surface area (Å²) in [5.41, 5.74) is 6.40. The van der Waals surface area contributed by atoms with Crippen LogP contribution >= 0.6 is 0 Å². The van der Waals surface area contributed by atoms with E-state index in [2.05, 4.69) is 4.74 Å². The van der Waals surface area contributed by atoms with Gasteiger partial charge in [0.2, 0.25) is 0 Å². The quantitative estimate of drug-likeness (QED) is 0.645. The minimum atomic E-state index is -4.15. The average molecular weight is 237 g/mol. The van der Waals surface area contributed by atoms with E-state index < -0.39 is 19.0 Å². The Kier molecular flexibility index (Phi) is 3.62. The summed E-state index contributed by atoms with van der Waals surface area (Å²) in [6.45, 7) is 0.238. The maximum absolute atomic E-state index is 12.5. The summed E-state index contributed by atoms with van der Waals surface area (Å²) in [7, 11) is 0. The van der Waals surface area contributed by atoms with Crippen molar-refractivity contribution in [2.75, 3.05) is 12.3 Å². The molecule has 1 rings (SSSR count). The fourth-order valence-electron chi connectivity index (χ4n) is 1.07. The summed E-state index contributed by atoms with van der Waals surface area (Å²) in [4.78, 5) is 0. The van der Waals surface area contributed by atoms with Crippen molar-refractivity contribution in [3.8, 4) is 5.75 Å². The molecular weight excluding hydrogens is 226 g/mol. The molecule has 0 fully saturated rings. The van der Waals surface area contributed by atoms with E-state index in [0.717, 1.165) is 0 Å². The Bertz CT molecular complexity index is 368. The van der Waals surface area contributed by atoms with E-state index >= 15 is 0 Å². The number of aryl methyl sites for hydroxylation is 1. The van der Waals surface area contributed by atoms with E-state index in [-0.39, 0.29) is 5.75 Å². The highest BCUT2D eigenvalue weighted by atomic mass is 19.3. The molecule has 0 saturated heterocycles. The molecule has 2 N–H and O–H groups in total. The number of hydrogen-bond donors (Lipinski definition) is 1. The van der Waals surface area contributed by atoms with Gasteiger partial charge in [0, 0.05) is 5.69 Å². The van der Waals surface area contributed by atoms with Gasteiger partial charge in [-0.1, -0.05) is 0 Å². The molecule has 2 nitrogen and oxygen atoms in total. The first kappa shape index (κ1) is 12.6. The number of benzene rings is 1. The first-order valence-electron chi connectivity index (χ1n) is 4.48. The highest BCUT2D eigenvalue weighted by Crippen LogP contribution is 2.26. The van der Waals surface area contributed by atoms with Gasteiger partial charge in [-0.15, -0.1) is 0 Å². The predicted octanol–water partition coefficient (Wildman–Crippen LogP) is 2.86. The van der Waals surface area contributed by atoms with Crippen LogP contribution in [0.5, 0.6) is 5.75 Å². The molecule has 0 saturated carbocycles. The molecule has 0 amide bonds. The number of alkyl halides is 4. The van der Waals surface area contributed by atoms with E-state index in [1.54, 1.807) is 6.92 Å². The summed E-state index contributed by atoms with van der Waals surface area (Å²) in [6, 6.07) is 4.32. The fourth-order valence-corrected chi connectivity index (χ4v) is 1.07. The van der Waals surface area contributed by atoms with Gasteiger partial charge in [0.1, 0.15) is 5.75 Å². The summed E-state index contributed by atoms with van der Waals surface area (Å²) < 4.78 is 53.4. The lowest BCUT2D eigenvalue weighted by molar-refractivity contribution is -0.148. The number of halogens is 4. The van der Waals surface area contributed by atoms with Crippen LogP contribution in [-0.2, 0) is 0 Å². The van der Waals surface area contributed by atoms with E-state index in [1.165, 1.54) is 18.2 Å². The van der Waals surface area contributed by atoms with E-state index in [1.807, 2.05) is 0 Å². The van der Waals surface area contributed by atoms with Gasteiger partial charge in [-0.3, -0.25) is 0 Å². The van der Waals surface area contributed by atoms with Crippen molar-refractivity contribution in [1.29, 1.82) is 0 Å². The molecule has 0 heterocycles. The number of rotatable bonds is 4. The minimum Gasteiger partial charge on any atom is -0.487 e. The Hall–Kier alpha value is -1.46. The zero-order valence-electron chi connectivity index (χ0n) is 8.51. The van der Waals surface area contributed by atoms with Crippen LogP contribution in [0.4, 0.5) is 23.2 Å². The van der Waals surface area contributed by atoms with E-state index in [4.69, 9.17) is 5.73 Å². The van der Waals surface area contributed by atoms with Gasteiger partial charge in [-0.25, -0.2) is 8.78 Å². The second kappa shape index (κ2) is 4.59. The SMILES string of the molecule is Cc1cc(N)ccc1OCC(F)(F)C(F)F. The van der Waals surface area contributed by atoms with Crippen LogP contribution in [0, 0.1) is 6.92 Å². The van der Waals surface area contributed by atoms with Crippen molar-refractivity contribution in [2.45, 2.75) is 19.3 Å². The Morgan fingerprint density at radius 3 is 2.50 bits per heavy atom. The number of ether oxygens (including phenoxy) is 1. The number of anilines is 1. The maximum atomic E-state index is 12.5. The Morgan fingerprint density at radius 2 is 2.00 bits per heavy atom. The third kappa shape index (κ3) is 3.01. The van der Waals surface area contributed by atoms with Crippen LogP contribution in [0.2, 0.25) is 0 Å². The van der Waals surface area contributed by atoms with Crippen LogP contribution in [0.15, 0.2) is 18.2 Å². The lowest BCUT2D eigenvalue weighted by Gasteiger charge is -2.17. The second-order valence-electron chi connectivity index (χ2n) is 3.38. The number of nitrogen functional groups attached to an aromatic ring is 1. The van der Waals surface area contributed by atoms with Crippen LogP contribution in [0.3, 0.4) is 0 Å². The van der Waals surface area contributed by atoms with Crippen LogP contribution in [-0.4, -0.2) is 19.0 Å².